The average Bonchev–Trinajstić information content (AvgIpc) is 2.77. The van der Waals surface area contributed by atoms with E-state index in [1.807, 2.05) is 48.5 Å². The van der Waals surface area contributed by atoms with Gasteiger partial charge in [-0.2, -0.15) is 0 Å². The van der Waals surface area contributed by atoms with E-state index in [1.165, 1.54) is 14.2 Å². The number of carbonyl (C=O) groups excluding carboxylic acids is 2. The maximum absolute atomic E-state index is 12.1. The van der Waals surface area contributed by atoms with E-state index < -0.39 is 11.9 Å². The van der Waals surface area contributed by atoms with Crippen LogP contribution in [0.25, 0.3) is 22.3 Å². The van der Waals surface area contributed by atoms with Crippen molar-refractivity contribution in [3.8, 4) is 28.0 Å². The summed E-state index contributed by atoms with van der Waals surface area (Å²) in [5, 5.41) is 0. The first-order chi connectivity index (χ1) is 13.6. The van der Waals surface area contributed by atoms with Gasteiger partial charge in [-0.05, 0) is 46.5 Å². The first-order valence-electron chi connectivity index (χ1n) is 8.63. The minimum atomic E-state index is -0.586. The van der Waals surface area contributed by atoms with Crippen LogP contribution >= 0.6 is 0 Å². The topological polar surface area (TPSA) is 61.8 Å². The lowest BCUT2D eigenvalue weighted by molar-refractivity contribution is 0.0555. The van der Waals surface area contributed by atoms with Crippen LogP contribution in [0.15, 0.2) is 66.7 Å². The first kappa shape index (κ1) is 19.2. The second kappa shape index (κ2) is 8.39. The fourth-order valence-corrected chi connectivity index (χ4v) is 2.93. The summed E-state index contributed by atoms with van der Waals surface area (Å²) in [5.41, 5.74) is 4.20. The third kappa shape index (κ3) is 3.88. The van der Waals surface area contributed by atoms with Crippen molar-refractivity contribution in [2.75, 3.05) is 21.3 Å². The van der Waals surface area contributed by atoms with Crippen molar-refractivity contribution in [2.45, 2.75) is 0 Å². The fraction of sp³-hybridized carbons (Fsp3) is 0.130. The highest BCUT2D eigenvalue weighted by molar-refractivity contribution is 6.04. The number of benzene rings is 3. The molecule has 142 valence electrons. The zero-order chi connectivity index (χ0) is 20.1. The van der Waals surface area contributed by atoms with Crippen LogP contribution in [0.2, 0.25) is 0 Å². The molecule has 0 aliphatic carbocycles. The fourth-order valence-electron chi connectivity index (χ4n) is 2.93. The van der Waals surface area contributed by atoms with Crippen molar-refractivity contribution in [1.82, 2.24) is 0 Å². The Morgan fingerprint density at radius 2 is 1.00 bits per heavy atom. The van der Waals surface area contributed by atoms with Crippen molar-refractivity contribution >= 4 is 11.9 Å². The van der Waals surface area contributed by atoms with Crippen molar-refractivity contribution in [3.63, 3.8) is 0 Å². The Kier molecular flexibility index (Phi) is 5.75. The molecule has 0 atom stereocenters. The number of hydrogen-bond donors (Lipinski definition) is 0. The van der Waals surface area contributed by atoms with Crippen molar-refractivity contribution < 1.29 is 23.8 Å². The van der Waals surface area contributed by atoms with Crippen LogP contribution in [-0.4, -0.2) is 33.3 Å². The molecular formula is C23H20O5. The lowest BCUT2D eigenvalue weighted by atomic mass is 9.97. The first-order valence-corrected chi connectivity index (χ1v) is 8.63. The standard InChI is InChI=1S/C23H20O5/c1-26-19-11-8-16(9-12-19)15-4-6-17(7-5-15)18-10-13-20(22(24)27-2)21(14-18)23(25)28-3/h4-14H,1-3H3. The monoisotopic (exact) mass is 376 g/mol. The maximum atomic E-state index is 12.1. The molecule has 0 heterocycles. The molecule has 28 heavy (non-hydrogen) atoms. The molecule has 0 bridgehead atoms. The molecule has 3 aromatic carbocycles. The number of carbonyl (C=O) groups is 2. The molecule has 5 nitrogen and oxygen atoms in total. The molecule has 0 spiro atoms. The van der Waals surface area contributed by atoms with Gasteiger partial charge in [0.2, 0.25) is 0 Å². The van der Waals surface area contributed by atoms with Gasteiger partial charge in [-0.1, -0.05) is 42.5 Å². The number of ether oxygens (including phenoxy) is 3. The summed E-state index contributed by atoms with van der Waals surface area (Å²) >= 11 is 0. The number of hydrogen-bond acceptors (Lipinski definition) is 5. The van der Waals surface area contributed by atoms with E-state index in [9.17, 15) is 9.59 Å². The number of esters is 2. The molecule has 0 aromatic heterocycles. The predicted molar refractivity (Wildman–Crippen MR) is 107 cm³/mol. The molecule has 0 aliphatic heterocycles. The van der Waals surface area contributed by atoms with Gasteiger partial charge in [-0.3, -0.25) is 0 Å². The molecule has 0 aliphatic rings. The molecule has 0 radical (unpaired) electrons. The van der Waals surface area contributed by atoms with Crippen LogP contribution in [0.4, 0.5) is 0 Å². The Morgan fingerprint density at radius 1 is 0.571 bits per heavy atom. The third-order valence-electron chi connectivity index (χ3n) is 4.47. The van der Waals surface area contributed by atoms with E-state index in [0.29, 0.717) is 0 Å². The zero-order valence-electron chi connectivity index (χ0n) is 15.9. The summed E-state index contributed by atoms with van der Waals surface area (Å²) in [6.07, 6.45) is 0. The molecule has 0 saturated carbocycles. The Bertz CT molecular complexity index is 989. The maximum Gasteiger partial charge on any atom is 0.338 e. The number of rotatable bonds is 5. The summed E-state index contributed by atoms with van der Waals surface area (Å²) in [7, 11) is 4.19. The molecule has 0 N–H and O–H groups in total. The van der Waals surface area contributed by atoms with E-state index >= 15 is 0 Å². The van der Waals surface area contributed by atoms with Crippen molar-refractivity contribution in [3.05, 3.63) is 77.9 Å². The van der Waals surface area contributed by atoms with Gasteiger partial charge in [0, 0.05) is 0 Å². The van der Waals surface area contributed by atoms with Crippen molar-refractivity contribution in [2.24, 2.45) is 0 Å². The molecule has 3 aromatic rings. The quantitative estimate of drug-likeness (QED) is 0.609. The smallest absolute Gasteiger partial charge is 0.338 e. The molecule has 3 rings (SSSR count). The van der Waals surface area contributed by atoms with Crippen LogP contribution < -0.4 is 4.74 Å². The molecule has 0 unspecified atom stereocenters. The summed E-state index contributed by atoms with van der Waals surface area (Å²) in [6.45, 7) is 0. The lowest BCUT2D eigenvalue weighted by Crippen LogP contribution is -2.11. The molecule has 0 amide bonds. The second-order valence-electron chi connectivity index (χ2n) is 6.05. The second-order valence-corrected chi connectivity index (χ2v) is 6.05. The zero-order valence-corrected chi connectivity index (χ0v) is 15.9. The van der Waals surface area contributed by atoms with Gasteiger partial charge in [0.25, 0.3) is 0 Å². The van der Waals surface area contributed by atoms with E-state index in [1.54, 1.807) is 25.3 Å². The van der Waals surface area contributed by atoms with Gasteiger partial charge in [0.05, 0.1) is 32.5 Å². The molecule has 5 heteroatoms. The largest absolute Gasteiger partial charge is 0.497 e. The minimum absolute atomic E-state index is 0.172. The van der Waals surface area contributed by atoms with E-state index in [2.05, 4.69) is 0 Å². The van der Waals surface area contributed by atoms with Crippen molar-refractivity contribution in [1.29, 1.82) is 0 Å². The van der Waals surface area contributed by atoms with Crippen LogP contribution in [0, 0.1) is 0 Å². The van der Waals surface area contributed by atoms with Gasteiger partial charge in [-0.25, -0.2) is 9.59 Å². The van der Waals surface area contributed by atoms with Crippen LogP contribution in [0.3, 0.4) is 0 Å². The highest BCUT2D eigenvalue weighted by Gasteiger charge is 2.19. The summed E-state index contributed by atoms with van der Waals surface area (Å²) < 4.78 is 14.7. The van der Waals surface area contributed by atoms with E-state index in [4.69, 9.17) is 14.2 Å². The van der Waals surface area contributed by atoms with Gasteiger partial charge in [0.1, 0.15) is 5.75 Å². The Balaban J connectivity index is 1.94. The summed E-state index contributed by atoms with van der Waals surface area (Å²) in [4.78, 5) is 24.0. The predicted octanol–water partition coefficient (Wildman–Crippen LogP) is 4.60. The summed E-state index contributed by atoms with van der Waals surface area (Å²) in [5.74, 6) is -0.361. The molecule has 0 saturated heterocycles. The molecule has 0 fully saturated rings. The van der Waals surface area contributed by atoms with Crippen LogP contribution in [-0.2, 0) is 9.47 Å². The lowest BCUT2D eigenvalue weighted by Gasteiger charge is -2.10. The third-order valence-corrected chi connectivity index (χ3v) is 4.47. The van der Waals surface area contributed by atoms with Gasteiger partial charge in [-0.15, -0.1) is 0 Å². The highest BCUT2D eigenvalue weighted by Crippen LogP contribution is 2.28. The van der Waals surface area contributed by atoms with Crippen LogP contribution in [0.1, 0.15) is 20.7 Å². The van der Waals surface area contributed by atoms with Gasteiger partial charge < -0.3 is 14.2 Å². The molecular weight excluding hydrogens is 356 g/mol. The highest BCUT2D eigenvalue weighted by atomic mass is 16.5. The summed E-state index contributed by atoms with van der Waals surface area (Å²) in [6, 6.07) is 20.7. The normalized spacial score (nSPS) is 10.2. The van der Waals surface area contributed by atoms with E-state index in [0.717, 1.165) is 28.0 Å². The van der Waals surface area contributed by atoms with Gasteiger partial charge >= 0.3 is 11.9 Å². The average molecular weight is 376 g/mol. The Labute approximate surface area is 163 Å². The SMILES string of the molecule is COC(=O)c1ccc(-c2ccc(-c3ccc(OC)cc3)cc2)cc1C(=O)OC. The van der Waals surface area contributed by atoms with Crippen LogP contribution in [0.5, 0.6) is 5.75 Å². The Hall–Kier alpha value is -3.60. The van der Waals surface area contributed by atoms with Gasteiger partial charge in [0.15, 0.2) is 0 Å². The minimum Gasteiger partial charge on any atom is -0.497 e. The Morgan fingerprint density at radius 3 is 1.50 bits per heavy atom. The number of methoxy groups -OCH3 is 3. The van der Waals surface area contributed by atoms with E-state index in [-0.39, 0.29) is 11.1 Å².